The minimum Gasteiger partial charge on any atom is -0.493 e. The number of aryl methyl sites for hydroxylation is 2. The Kier molecular flexibility index (Phi) is 20.1. The monoisotopic (exact) mass is 927 g/mol. The molecule has 0 amide bonds. The van der Waals surface area contributed by atoms with Gasteiger partial charge in [-0.2, -0.15) is 0 Å². The van der Waals surface area contributed by atoms with Gasteiger partial charge in [0.05, 0.1) is 50.5 Å². The van der Waals surface area contributed by atoms with Crippen LogP contribution in [-0.2, 0) is 39.5 Å². The summed E-state index contributed by atoms with van der Waals surface area (Å²) in [6, 6.07) is 26.1. The van der Waals surface area contributed by atoms with Crippen LogP contribution in [0.1, 0.15) is 75.6 Å². The van der Waals surface area contributed by atoms with Crippen LogP contribution < -0.4 is 29.6 Å². The first-order valence-corrected chi connectivity index (χ1v) is 23.8. The molecule has 0 saturated heterocycles. The lowest BCUT2D eigenvalue weighted by Crippen LogP contribution is -2.16. The molecular weight excluding hydrogens is 866 g/mol. The first-order chi connectivity index (χ1) is 32.1. The molecule has 0 unspecified atom stereocenters. The van der Waals surface area contributed by atoms with Crippen molar-refractivity contribution in [2.75, 3.05) is 39.5 Å². The number of furan rings is 2. The normalized spacial score (nSPS) is 11.4. The van der Waals surface area contributed by atoms with Crippen molar-refractivity contribution in [2.45, 2.75) is 91.5 Å². The van der Waals surface area contributed by atoms with Crippen LogP contribution in [-0.4, -0.2) is 51.7 Å². The Morgan fingerprint density at radius 2 is 0.955 bits per heavy atom. The zero-order valence-corrected chi connectivity index (χ0v) is 39.2. The summed E-state index contributed by atoms with van der Waals surface area (Å²) >= 11 is 0. The quantitative estimate of drug-likeness (QED) is 0.0331. The van der Waals surface area contributed by atoms with Crippen LogP contribution in [0, 0.1) is 11.6 Å². The SMILES string of the molecule is CC(C)Oc1ccc(CCCOc2ccc(CNCCCO[P+](=O)OCCCNCc3ccc(OCCCc4ccc(OC(C)C)c(F)c4)c(-c4ccoc4)c3)cc2-c2ccoc2)cc1F. The average molecular weight is 928 g/mol. The maximum Gasteiger partial charge on any atom is 0.697 e. The fourth-order valence-electron chi connectivity index (χ4n) is 7.10. The van der Waals surface area contributed by atoms with Gasteiger partial charge in [-0.05, 0) is 162 Å². The summed E-state index contributed by atoms with van der Waals surface area (Å²) in [5.41, 5.74) is 7.61. The summed E-state index contributed by atoms with van der Waals surface area (Å²) in [4.78, 5) is 0. The Morgan fingerprint density at radius 1 is 0.530 bits per heavy atom. The van der Waals surface area contributed by atoms with E-state index >= 15 is 0 Å². The first-order valence-electron chi connectivity index (χ1n) is 22.7. The minimum absolute atomic E-state index is 0.0904. The van der Waals surface area contributed by atoms with Crippen LogP contribution in [0.4, 0.5) is 8.78 Å². The van der Waals surface area contributed by atoms with Crippen molar-refractivity contribution < 1.29 is 50.2 Å². The maximum absolute atomic E-state index is 14.4. The number of hydrogen-bond acceptors (Lipinski definition) is 11. The van der Waals surface area contributed by atoms with E-state index in [2.05, 4.69) is 22.8 Å². The fraction of sp³-hybridized carbons (Fsp3) is 0.385. The molecule has 0 spiro atoms. The highest BCUT2D eigenvalue weighted by molar-refractivity contribution is 7.33. The second kappa shape index (κ2) is 26.6. The van der Waals surface area contributed by atoms with Crippen LogP contribution in [0.25, 0.3) is 22.3 Å². The Labute approximate surface area is 388 Å². The highest BCUT2D eigenvalue weighted by Gasteiger charge is 2.19. The molecule has 0 radical (unpaired) electrons. The highest BCUT2D eigenvalue weighted by Crippen LogP contribution is 2.34. The van der Waals surface area contributed by atoms with Gasteiger partial charge in [0.1, 0.15) is 24.7 Å². The van der Waals surface area contributed by atoms with E-state index in [1.54, 1.807) is 37.2 Å². The molecule has 352 valence electrons. The van der Waals surface area contributed by atoms with Crippen LogP contribution in [0.3, 0.4) is 0 Å². The van der Waals surface area contributed by atoms with E-state index in [4.69, 9.17) is 36.8 Å². The molecule has 0 aliphatic heterocycles. The molecule has 2 aromatic heterocycles. The molecule has 6 rings (SSSR count). The number of rotatable bonds is 30. The summed E-state index contributed by atoms with van der Waals surface area (Å²) in [6.45, 7) is 11.6. The zero-order chi connectivity index (χ0) is 46.5. The largest absolute Gasteiger partial charge is 0.697 e. The topological polar surface area (TPSA) is 123 Å². The molecule has 0 aliphatic carbocycles. The van der Waals surface area contributed by atoms with Gasteiger partial charge in [0, 0.05) is 39.9 Å². The van der Waals surface area contributed by atoms with Gasteiger partial charge in [0.2, 0.25) is 0 Å². The van der Waals surface area contributed by atoms with Crippen molar-refractivity contribution >= 4 is 8.25 Å². The van der Waals surface area contributed by atoms with Gasteiger partial charge in [0.25, 0.3) is 0 Å². The third kappa shape index (κ3) is 16.4. The molecular formula is C52H62F2N2O9P+. The first kappa shape index (κ1) is 49.9. The van der Waals surface area contributed by atoms with E-state index in [9.17, 15) is 13.3 Å². The van der Waals surface area contributed by atoms with Gasteiger partial charge in [-0.1, -0.05) is 24.3 Å². The van der Waals surface area contributed by atoms with Crippen LogP contribution in [0.2, 0.25) is 0 Å². The number of nitrogens with one attached hydrogen (secondary N) is 2. The van der Waals surface area contributed by atoms with Crippen molar-refractivity contribution in [3.63, 3.8) is 0 Å². The number of hydrogen-bond donors (Lipinski definition) is 2. The number of ether oxygens (including phenoxy) is 4. The van der Waals surface area contributed by atoms with Crippen molar-refractivity contribution in [3.05, 3.63) is 144 Å². The van der Waals surface area contributed by atoms with Crippen LogP contribution >= 0.6 is 8.25 Å². The molecule has 2 N–H and O–H groups in total. The molecule has 11 nitrogen and oxygen atoms in total. The third-order valence-electron chi connectivity index (χ3n) is 10.3. The van der Waals surface area contributed by atoms with E-state index < -0.39 is 8.25 Å². The van der Waals surface area contributed by atoms with E-state index in [0.29, 0.717) is 78.3 Å². The van der Waals surface area contributed by atoms with E-state index in [0.717, 1.165) is 68.8 Å². The Balaban J connectivity index is 0.831. The lowest BCUT2D eigenvalue weighted by Gasteiger charge is -2.14. The predicted molar refractivity (Wildman–Crippen MR) is 252 cm³/mol. The number of benzene rings is 4. The summed E-state index contributed by atoms with van der Waals surface area (Å²) < 4.78 is 86.2. The maximum atomic E-state index is 14.4. The molecule has 2 heterocycles. The van der Waals surface area contributed by atoms with Gasteiger partial charge in [-0.25, -0.2) is 8.78 Å². The fourth-order valence-corrected chi connectivity index (χ4v) is 7.73. The summed E-state index contributed by atoms with van der Waals surface area (Å²) in [5.74, 6) is 1.32. The van der Waals surface area contributed by atoms with Crippen molar-refractivity contribution in [3.8, 4) is 45.3 Å². The zero-order valence-electron chi connectivity index (χ0n) is 38.3. The van der Waals surface area contributed by atoms with Gasteiger partial charge < -0.3 is 38.4 Å². The highest BCUT2D eigenvalue weighted by atomic mass is 31.1. The second-order valence-corrected chi connectivity index (χ2v) is 17.4. The van der Waals surface area contributed by atoms with Gasteiger partial charge >= 0.3 is 8.25 Å². The van der Waals surface area contributed by atoms with Gasteiger partial charge in [-0.15, -0.1) is 9.05 Å². The molecule has 0 bridgehead atoms. The molecule has 4 aromatic carbocycles. The lowest BCUT2D eigenvalue weighted by atomic mass is 10.0. The van der Waals surface area contributed by atoms with Crippen molar-refractivity contribution in [2.24, 2.45) is 0 Å². The lowest BCUT2D eigenvalue weighted by molar-refractivity contribution is 0.220. The Morgan fingerprint density at radius 3 is 1.35 bits per heavy atom. The smallest absolute Gasteiger partial charge is 0.493 e. The van der Waals surface area contributed by atoms with E-state index in [-0.39, 0.29) is 35.3 Å². The third-order valence-corrected chi connectivity index (χ3v) is 11.0. The van der Waals surface area contributed by atoms with Crippen molar-refractivity contribution in [1.29, 1.82) is 0 Å². The molecule has 14 heteroatoms. The molecule has 0 saturated carbocycles. The van der Waals surface area contributed by atoms with Gasteiger partial charge in [-0.3, -0.25) is 0 Å². The molecule has 0 atom stereocenters. The molecule has 66 heavy (non-hydrogen) atoms. The second-order valence-electron chi connectivity index (χ2n) is 16.4. The van der Waals surface area contributed by atoms with Gasteiger partial charge in [0.15, 0.2) is 23.1 Å². The summed E-state index contributed by atoms with van der Waals surface area (Å²) in [5, 5.41) is 6.84. The number of halogens is 2. The average Bonchev–Trinajstić information content (AvgIpc) is 4.05. The molecule has 0 aliphatic rings. The van der Waals surface area contributed by atoms with Crippen LogP contribution in [0.5, 0.6) is 23.0 Å². The Hall–Kier alpha value is -5.56. The van der Waals surface area contributed by atoms with E-state index in [1.165, 1.54) is 12.1 Å². The predicted octanol–water partition coefficient (Wildman–Crippen LogP) is 12.4. The molecule has 0 fully saturated rings. The van der Waals surface area contributed by atoms with E-state index in [1.807, 2.05) is 76.2 Å². The molecule has 6 aromatic rings. The summed E-state index contributed by atoms with van der Waals surface area (Å²) in [7, 11) is -2.21. The van der Waals surface area contributed by atoms with Crippen LogP contribution in [0.15, 0.2) is 119 Å². The summed E-state index contributed by atoms with van der Waals surface area (Å²) in [6.07, 6.45) is 10.6. The Bertz CT molecular complexity index is 2210. The minimum atomic E-state index is -2.21. The standard InChI is InChI=1S/C52H62F2N2O9P/c1-37(2)64-51-17-11-39(31-47(51)53)9-5-23-60-49-15-13-41(29-45(49)43-19-27-58-35-43)33-55-21-7-25-62-66(57)63-26-8-22-56-34-42-14-16-50(46(30-42)44-20-28-59-36-44)61-24-6-10-40-12-18-52(48(54)32-40)65-38(3)4/h11-20,27-32,35-38,55-56H,5-10,21-26,33-34H2,1-4H3/q+1. The van der Waals surface area contributed by atoms with Crippen molar-refractivity contribution in [1.82, 2.24) is 10.6 Å².